The smallest absolute Gasteiger partial charge is 0.303 e. The lowest BCUT2D eigenvalue weighted by Crippen LogP contribution is -2.48. The summed E-state index contributed by atoms with van der Waals surface area (Å²) < 4.78 is 24.5. The van der Waals surface area contributed by atoms with Crippen molar-refractivity contribution in [1.82, 2.24) is 0 Å². The summed E-state index contributed by atoms with van der Waals surface area (Å²) in [7, 11) is 1.62. The van der Waals surface area contributed by atoms with Gasteiger partial charge in [0.05, 0.1) is 6.10 Å². The van der Waals surface area contributed by atoms with Crippen molar-refractivity contribution in [2.45, 2.75) is 115 Å². The molecule has 0 spiro atoms. The molecule has 2 heterocycles. The molecule has 3 rings (SSSR count). The average Bonchev–Trinajstić information content (AvgIpc) is 3.30. The Morgan fingerprint density at radius 3 is 2.82 bits per heavy atom. The highest BCUT2D eigenvalue weighted by Crippen LogP contribution is 2.49. The summed E-state index contributed by atoms with van der Waals surface area (Å²) in [6.07, 6.45) is 14.0. The Morgan fingerprint density at radius 1 is 1.27 bits per heavy atom. The molecule has 0 aromatic carbocycles. The summed E-state index contributed by atoms with van der Waals surface area (Å²) in [6.45, 7) is 2.87. The number of carbonyl (C=O) groups is 2. The van der Waals surface area contributed by atoms with Crippen molar-refractivity contribution >= 4 is 11.8 Å². The first-order valence-corrected chi connectivity index (χ1v) is 12.9. The Hall–Kier alpha value is -1.28. The fraction of sp³-hybridized carbons (Fsp3) is 0.846. The van der Waals surface area contributed by atoms with Crippen LogP contribution < -0.4 is 0 Å². The number of rotatable bonds is 14. The van der Waals surface area contributed by atoms with Crippen LogP contribution in [0.4, 0.5) is 0 Å². The van der Waals surface area contributed by atoms with E-state index in [0.717, 1.165) is 32.1 Å². The maximum Gasteiger partial charge on any atom is 0.303 e. The normalized spacial score (nSPS) is 33.0. The summed E-state index contributed by atoms with van der Waals surface area (Å²) in [6, 6.07) is 0. The van der Waals surface area contributed by atoms with Gasteiger partial charge < -0.3 is 24.1 Å². The van der Waals surface area contributed by atoms with Crippen LogP contribution in [0.3, 0.4) is 0 Å². The number of unbranched alkanes of at least 4 members (excludes halogenated alkanes) is 4. The van der Waals surface area contributed by atoms with Gasteiger partial charge in [-0.1, -0.05) is 38.3 Å². The molecule has 7 heteroatoms. The number of aliphatic carboxylic acids is 1. The molecule has 1 aliphatic carbocycles. The van der Waals surface area contributed by atoms with Crippen molar-refractivity contribution in [3.63, 3.8) is 0 Å². The molecule has 33 heavy (non-hydrogen) atoms. The maximum absolute atomic E-state index is 12.7. The van der Waals surface area contributed by atoms with Crippen LogP contribution in [0.25, 0.3) is 0 Å². The van der Waals surface area contributed by atoms with Crippen molar-refractivity contribution < 1.29 is 33.6 Å². The Bertz CT molecular complexity index is 657. The highest BCUT2D eigenvalue weighted by atomic mass is 16.7. The average molecular weight is 467 g/mol. The number of fused-ring (bicyclic) bond motifs is 1. The standard InChI is InChI=1S/C26H42O7/c1-3-4-5-6-7-8-12-19-20-18-26(30-2,33-22(20)17-21(19)27)23(13-11-14-24(28)29)32-25-15-9-10-16-31-25/h8,12,19-20,22-23,25H,3-7,9-11,13-18H2,1-2H3,(H,28,29)/b12-8+/t19-,20-,22-,23?,25?,26?/m1/s1. The molecule has 0 aromatic rings. The second-order valence-electron chi connectivity index (χ2n) is 9.72. The topological polar surface area (TPSA) is 91.3 Å². The number of methoxy groups -OCH3 is 1. The zero-order valence-corrected chi connectivity index (χ0v) is 20.3. The molecule has 0 radical (unpaired) electrons. The largest absolute Gasteiger partial charge is 0.481 e. The summed E-state index contributed by atoms with van der Waals surface area (Å²) >= 11 is 0. The van der Waals surface area contributed by atoms with Gasteiger partial charge in [0.15, 0.2) is 12.1 Å². The zero-order valence-electron chi connectivity index (χ0n) is 20.3. The quantitative estimate of drug-likeness (QED) is 0.284. The second-order valence-corrected chi connectivity index (χ2v) is 9.72. The van der Waals surface area contributed by atoms with Crippen LogP contribution in [0, 0.1) is 11.8 Å². The van der Waals surface area contributed by atoms with Crippen LogP contribution in [-0.2, 0) is 28.5 Å². The zero-order chi connectivity index (χ0) is 23.7. The fourth-order valence-corrected chi connectivity index (χ4v) is 5.46. The predicted molar refractivity (Wildman–Crippen MR) is 124 cm³/mol. The number of ketones is 1. The lowest BCUT2D eigenvalue weighted by atomic mass is 9.87. The first-order valence-electron chi connectivity index (χ1n) is 12.9. The lowest BCUT2D eigenvalue weighted by Gasteiger charge is -2.39. The van der Waals surface area contributed by atoms with E-state index >= 15 is 0 Å². The number of carboxylic acid groups (broad SMARTS) is 1. The summed E-state index contributed by atoms with van der Waals surface area (Å²) in [5.74, 6) is -1.67. The predicted octanol–water partition coefficient (Wildman–Crippen LogP) is 5.02. The highest BCUT2D eigenvalue weighted by molar-refractivity contribution is 5.86. The molecule has 3 fully saturated rings. The molecule has 1 N–H and O–H groups in total. The molecule has 2 saturated heterocycles. The first-order chi connectivity index (χ1) is 16.0. The SMILES string of the molecule is CCCCCC/C=C/[C@H]1C(=O)C[C@H]2OC(OC)(C(CCCC(=O)O)OC3CCCCO3)C[C@@H]21. The van der Waals surface area contributed by atoms with Gasteiger partial charge in [-0.15, -0.1) is 0 Å². The minimum atomic E-state index is -0.984. The van der Waals surface area contributed by atoms with Crippen LogP contribution in [-0.4, -0.2) is 54.9 Å². The van der Waals surface area contributed by atoms with Crippen molar-refractivity contribution in [1.29, 1.82) is 0 Å². The van der Waals surface area contributed by atoms with Gasteiger partial charge in [-0.3, -0.25) is 9.59 Å². The molecule has 7 nitrogen and oxygen atoms in total. The lowest BCUT2D eigenvalue weighted by molar-refractivity contribution is -0.307. The van der Waals surface area contributed by atoms with Crippen LogP contribution in [0.2, 0.25) is 0 Å². The highest BCUT2D eigenvalue weighted by Gasteiger charge is 2.58. The van der Waals surface area contributed by atoms with E-state index in [1.807, 2.05) is 0 Å². The summed E-state index contributed by atoms with van der Waals surface area (Å²) in [5, 5.41) is 9.11. The van der Waals surface area contributed by atoms with Crippen LogP contribution in [0.1, 0.15) is 90.4 Å². The molecule has 6 atom stereocenters. The molecule has 0 amide bonds. The van der Waals surface area contributed by atoms with E-state index in [4.69, 9.17) is 24.1 Å². The molecule has 2 aliphatic heterocycles. The van der Waals surface area contributed by atoms with Gasteiger partial charge in [-0.2, -0.15) is 0 Å². The van der Waals surface area contributed by atoms with Gasteiger partial charge in [0.2, 0.25) is 0 Å². The summed E-state index contributed by atoms with van der Waals surface area (Å²) in [5.41, 5.74) is 0. The Balaban J connectivity index is 1.67. The monoisotopic (exact) mass is 466 g/mol. The molecule has 3 unspecified atom stereocenters. The Kier molecular flexibility index (Phi) is 10.4. The Labute approximate surface area is 198 Å². The van der Waals surface area contributed by atoms with E-state index in [9.17, 15) is 9.59 Å². The van der Waals surface area contributed by atoms with E-state index < -0.39 is 17.9 Å². The van der Waals surface area contributed by atoms with Gasteiger partial charge >= 0.3 is 5.97 Å². The van der Waals surface area contributed by atoms with Crippen LogP contribution in [0.5, 0.6) is 0 Å². The molecular formula is C26H42O7. The van der Waals surface area contributed by atoms with Gasteiger partial charge in [0.25, 0.3) is 0 Å². The van der Waals surface area contributed by atoms with Crippen molar-refractivity contribution in [2.24, 2.45) is 11.8 Å². The van der Waals surface area contributed by atoms with Crippen molar-refractivity contribution in [3.05, 3.63) is 12.2 Å². The second kappa shape index (κ2) is 13.0. The van der Waals surface area contributed by atoms with E-state index in [1.165, 1.54) is 19.3 Å². The molecule has 188 valence electrons. The molecule has 1 saturated carbocycles. The van der Waals surface area contributed by atoms with E-state index in [2.05, 4.69) is 19.1 Å². The molecule has 0 bridgehead atoms. The number of Topliss-reactive ketones (excluding diaryl/α,β-unsaturated/α-hetero) is 1. The minimum absolute atomic E-state index is 0.0576. The third kappa shape index (κ3) is 7.10. The Morgan fingerprint density at radius 2 is 2.12 bits per heavy atom. The number of carboxylic acids is 1. The van der Waals surface area contributed by atoms with Crippen LogP contribution in [0.15, 0.2) is 12.2 Å². The van der Waals surface area contributed by atoms with Gasteiger partial charge in [0.1, 0.15) is 11.9 Å². The first kappa shape index (κ1) is 26.3. The molecule has 0 aromatic heterocycles. The number of hydrogen-bond acceptors (Lipinski definition) is 6. The summed E-state index contributed by atoms with van der Waals surface area (Å²) in [4.78, 5) is 23.8. The van der Waals surface area contributed by atoms with E-state index in [1.54, 1.807) is 7.11 Å². The van der Waals surface area contributed by atoms with Crippen LogP contribution >= 0.6 is 0 Å². The number of carbonyl (C=O) groups excluding carboxylic acids is 1. The third-order valence-corrected chi connectivity index (χ3v) is 7.30. The number of hydrogen-bond donors (Lipinski definition) is 1. The van der Waals surface area contributed by atoms with E-state index in [0.29, 0.717) is 32.3 Å². The number of allylic oxidation sites excluding steroid dienone is 2. The fourth-order valence-electron chi connectivity index (χ4n) is 5.46. The van der Waals surface area contributed by atoms with Gasteiger partial charge in [-0.05, 0) is 44.9 Å². The van der Waals surface area contributed by atoms with Crippen molar-refractivity contribution in [3.8, 4) is 0 Å². The van der Waals surface area contributed by atoms with Crippen molar-refractivity contribution in [2.75, 3.05) is 13.7 Å². The molecule has 3 aliphatic rings. The molecular weight excluding hydrogens is 424 g/mol. The minimum Gasteiger partial charge on any atom is -0.481 e. The van der Waals surface area contributed by atoms with Gasteiger partial charge in [0, 0.05) is 44.8 Å². The maximum atomic E-state index is 12.7. The van der Waals surface area contributed by atoms with E-state index in [-0.39, 0.29) is 36.4 Å². The van der Waals surface area contributed by atoms with Gasteiger partial charge in [-0.25, -0.2) is 0 Å². The number of ether oxygens (including phenoxy) is 4. The third-order valence-electron chi connectivity index (χ3n) is 7.30.